The second-order valence-corrected chi connectivity index (χ2v) is 8.96. The molecule has 0 atom stereocenters. The van der Waals surface area contributed by atoms with Gasteiger partial charge in [-0.05, 0) is 56.0 Å². The summed E-state index contributed by atoms with van der Waals surface area (Å²) in [6.07, 6.45) is 4.61. The zero-order valence-corrected chi connectivity index (χ0v) is 16.9. The molecule has 0 N–H and O–H groups in total. The van der Waals surface area contributed by atoms with Crippen LogP contribution in [0.1, 0.15) is 65.4 Å². The molecule has 2 aliphatic rings. The van der Waals surface area contributed by atoms with Gasteiger partial charge in [0.25, 0.3) is 0 Å². The van der Waals surface area contributed by atoms with Crippen molar-refractivity contribution in [1.29, 1.82) is 0 Å². The highest BCUT2D eigenvalue weighted by molar-refractivity contribution is 7.09. The molecular weight excluding hydrogens is 378 g/mol. The van der Waals surface area contributed by atoms with E-state index in [1.165, 1.54) is 29.1 Å². The van der Waals surface area contributed by atoms with Crippen molar-refractivity contribution in [2.45, 2.75) is 57.5 Å². The number of aromatic nitrogens is 4. The molecule has 1 aromatic carbocycles. The normalized spacial score (nSPS) is 22.9. The molecule has 0 spiro atoms. The standard InChI is InChI=1S/C20H22ClN5S/c1-13-12-27-20(22-13)15-8-6-14(7-9-15)19-24-23-18-11-25(21)10-16-4-2-3-5-17(16)26(18)19/h2-5,12,14-15H,6-11H2,1H3. The smallest absolute Gasteiger partial charge is 0.153 e. The van der Waals surface area contributed by atoms with Crippen molar-refractivity contribution in [3.63, 3.8) is 0 Å². The van der Waals surface area contributed by atoms with Crippen LogP contribution in [0.2, 0.25) is 0 Å². The molecule has 2 aromatic heterocycles. The first-order chi connectivity index (χ1) is 13.2. The van der Waals surface area contributed by atoms with Crippen molar-refractivity contribution >= 4 is 23.1 Å². The van der Waals surface area contributed by atoms with Crippen LogP contribution in [0.25, 0.3) is 5.69 Å². The maximum absolute atomic E-state index is 6.41. The molecule has 1 fully saturated rings. The lowest BCUT2D eigenvalue weighted by molar-refractivity contribution is 0.381. The van der Waals surface area contributed by atoms with E-state index in [2.05, 4.69) is 51.3 Å². The predicted molar refractivity (Wildman–Crippen MR) is 107 cm³/mol. The third-order valence-corrected chi connectivity index (χ3v) is 7.08. The number of hydrogen-bond acceptors (Lipinski definition) is 5. The lowest BCUT2D eigenvalue weighted by Crippen LogP contribution is -2.16. The third-order valence-electron chi connectivity index (χ3n) is 5.72. The van der Waals surface area contributed by atoms with Crippen molar-refractivity contribution in [3.8, 4) is 5.69 Å². The lowest BCUT2D eigenvalue weighted by atomic mass is 9.82. The van der Waals surface area contributed by atoms with Crippen LogP contribution in [0.3, 0.4) is 0 Å². The van der Waals surface area contributed by atoms with E-state index < -0.39 is 0 Å². The van der Waals surface area contributed by atoms with Crippen LogP contribution >= 0.6 is 23.1 Å². The molecule has 0 bridgehead atoms. The Morgan fingerprint density at radius 1 is 1.04 bits per heavy atom. The highest BCUT2D eigenvalue weighted by Crippen LogP contribution is 2.42. The van der Waals surface area contributed by atoms with E-state index in [1.807, 2.05) is 0 Å². The number of nitrogens with zero attached hydrogens (tertiary/aromatic N) is 5. The summed E-state index contributed by atoms with van der Waals surface area (Å²) < 4.78 is 4.05. The highest BCUT2D eigenvalue weighted by Gasteiger charge is 2.31. The van der Waals surface area contributed by atoms with Crippen molar-refractivity contribution < 1.29 is 0 Å². The van der Waals surface area contributed by atoms with E-state index in [1.54, 1.807) is 15.8 Å². The Morgan fingerprint density at radius 2 is 1.81 bits per heavy atom. The largest absolute Gasteiger partial charge is 0.281 e. The van der Waals surface area contributed by atoms with E-state index in [-0.39, 0.29) is 0 Å². The summed E-state index contributed by atoms with van der Waals surface area (Å²) in [6.45, 7) is 3.41. The van der Waals surface area contributed by atoms with Gasteiger partial charge >= 0.3 is 0 Å². The molecule has 3 aromatic rings. The minimum atomic E-state index is 0.443. The number of halogens is 1. The number of hydrogen-bond donors (Lipinski definition) is 0. The molecule has 140 valence electrons. The Balaban J connectivity index is 1.44. The second-order valence-electron chi connectivity index (χ2n) is 7.59. The maximum atomic E-state index is 6.41. The van der Waals surface area contributed by atoms with Crippen molar-refractivity contribution in [1.82, 2.24) is 24.2 Å². The van der Waals surface area contributed by atoms with Crippen molar-refractivity contribution in [3.05, 3.63) is 57.6 Å². The molecule has 0 amide bonds. The molecule has 5 nitrogen and oxygen atoms in total. The van der Waals surface area contributed by atoms with E-state index in [0.717, 1.165) is 36.7 Å². The van der Waals surface area contributed by atoms with Gasteiger partial charge in [-0.3, -0.25) is 4.57 Å². The van der Waals surface area contributed by atoms with Gasteiger partial charge in [-0.25, -0.2) is 9.40 Å². The summed E-state index contributed by atoms with van der Waals surface area (Å²) in [7, 11) is 0. The third kappa shape index (κ3) is 3.20. The Labute approximate surface area is 168 Å². The van der Waals surface area contributed by atoms with Gasteiger partial charge in [-0.2, -0.15) is 0 Å². The van der Waals surface area contributed by atoms with Crippen LogP contribution < -0.4 is 0 Å². The van der Waals surface area contributed by atoms with E-state index in [4.69, 9.17) is 16.8 Å². The molecule has 7 heteroatoms. The lowest BCUT2D eigenvalue weighted by Gasteiger charge is -2.27. The minimum absolute atomic E-state index is 0.443. The van der Waals surface area contributed by atoms with Gasteiger partial charge in [0.15, 0.2) is 5.82 Å². The summed E-state index contributed by atoms with van der Waals surface area (Å²) in [6, 6.07) is 8.45. The SMILES string of the molecule is Cc1csc(C2CCC(c3nnc4n3-c3ccccc3CN(Cl)C4)CC2)n1. The maximum Gasteiger partial charge on any atom is 0.153 e. The van der Waals surface area contributed by atoms with Crippen LogP contribution in [0.5, 0.6) is 0 Å². The zero-order valence-electron chi connectivity index (χ0n) is 15.3. The van der Waals surface area contributed by atoms with Gasteiger partial charge in [-0.15, -0.1) is 21.5 Å². The molecule has 3 heterocycles. The van der Waals surface area contributed by atoms with Gasteiger partial charge in [0, 0.05) is 29.5 Å². The topological polar surface area (TPSA) is 46.8 Å². The van der Waals surface area contributed by atoms with Crippen LogP contribution in [-0.2, 0) is 13.1 Å². The number of aryl methyl sites for hydroxylation is 1. The molecule has 1 saturated carbocycles. The molecule has 0 radical (unpaired) electrons. The van der Waals surface area contributed by atoms with Gasteiger partial charge in [-0.1, -0.05) is 18.2 Å². The first-order valence-corrected chi connectivity index (χ1v) is 10.8. The molecule has 0 saturated heterocycles. The number of rotatable bonds is 2. The minimum Gasteiger partial charge on any atom is -0.281 e. The summed E-state index contributed by atoms with van der Waals surface area (Å²) in [5, 5.41) is 12.6. The summed E-state index contributed by atoms with van der Waals surface area (Å²) >= 11 is 8.21. The predicted octanol–water partition coefficient (Wildman–Crippen LogP) is 4.94. The van der Waals surface area contributed by atoms with Crippen molar-refractivity contribution in [2.75, 3.05) is 0 Å². The molecule has 1 aliphatic heterocycles. The summed E-state index contributed by atoms with van der Waals surface area (Å²) in [5.41, 5.74) is 3.54. The van der Waals surface area contributed by atoms with Gasteiger partial charge in [0.05, 0.1) is 17.2 Å². The van der Waals surface area contributed by atoms with Gasteiger partial charge in [0.1, 0.15) is 5.82 Å². The van der Waals surface area contributed by atoms with Crippen LogP contribution in [0.4, 0.5) is 0 Å². The van der Waals surface area contributed by atoms with Crippen molar-refractivity contribution in [2.24, 2.45) is 0 Å². The quantitative estimate of drug-likeness (QED) is 0.572. The first kappa shape index (κ1) is 17.3. The van der Waals surface area contributed by atoms with Gasteiger partial charge in [0.2, 0.25) is 0 Å². The zero-order chi connectivity index (χ0) is 18.4. The number of para-hydroxylation sites is 1. The highest BCUT2D eigenvalue weighted by atomic mass is 35.5. The first-order valence-electron chi connectivity index (χ1n) is 9.54. The Hall–Kier alpha value is -1.76. The molecule has 0 unspecified atom stereocenters. The monoisotopic (exact) mass is 399 g/mol. The van der Waals surface area contributed by atoms with E-state index in [0.29, 0.717) is 18.4 Å². The molecule has 1 aliphatic carbocycles. The number of thiazole rings is 1. The molecule has 27 heavy (non-hydrogen) atoms. The van der Waals surface area contributed by atoms with Crippen LogP contribution in [-0.4, -0.2) is 24.2 Å². The summed E-state index contributed by atoms with van der Waals surface area (Å²) in [4.78, 5) is 4.71. The molecule has 5 rings (SSSR count). The Bertz CT molecular complexity index is 957. The van der Waals surface area contributed by atoms with Crippen LogP contribution in [0.15, 0.2) is 29.6 Å². The number of fused-ring (bicyclic) bond motifs is 3. The Kier molecular flexibility index (Phi) is 4.50. The van der Waals surface area contributed by atoms with Crippen LogP contribution in [0, 0.1) is 6.92 Å². The Morgan fingerprint density at radius 3 is 2.59 bits per heavy atom. The number of benzene rings is 1. The van der Waals surface area contributed by atoms with Gasteiger partial charge < -0.3 is 0 Å². The fraction of sp³-hybridized carbons (Fsp3) is 0.450. The average molecular weight is 400 g/mol. The average Bonchev–Trinajstić information content (AvgIpc) is 3.25. The van der Waals surface area contributed by atoms with E-state index in [9.17, 15) is 0 Å². The summed E-state index contributed by atoms with van der Waals surface area (Å²) in [5.74, 6) is 3.07. The molecular formula is C20H22ClN5S. The fourth-order valence-corrected chi connectivity index (χ4v) is 5.58. The second kappa shape index (κ2) is 7.00. The van der Waals surface area contributed by atoms with E-state index >= 15 is 0 Å². The fourth-order valence-electron chi connectivity index (χ4n) is 4.37.